The van der Waals surface area contributed by atoms with E-state index in [-0.39, 0.29) is 24.0 Å². The minimum absolute atomic E-state index is 0.0275. The fourth-order valence-corrected chi connectivity index (χ4v) is 5.92. The summed E-state index contributed by atoms with van der Waals surface area (Å²) in [5, 5.41) is 3.15. The first-order valence-corrected chi connectivity index (χ1v) is 12.7. The summed E-state index contributed by atoms with van der Waals surface area (Å²) in [5.74, 6) is 0.0861. The number of benzene rings is 1. The number of likely N-dealkylation sites (tertiary alicyclic amines) is 1. The number of aryl methyl sites for hydroxylation is 1. The van der Waals surface area contributed by atoms with E-state index in [4.69, 9.17) is 14.7 Å². The van der Waals surface area contributed by atoms with Gasteiger partial charge in [0.2, 0.25) is 0 Å². The van der Waals surface area contributed by atoms with Gasteiger partial charge in [0.1, 0.15) is 5.54 Å². The van der Waals surface area contributed by atoms with E-state index in [9.17, 15) is 9.59 Å². The molecule has 2 atom stereocenters. The SMILES string of the molecule is CCC[C@@]1(C2CCN(Cc3nc4ccccc4nc3C)CC2)NC(=O)N(C[C@H]2CCCO2)C1=O. The smallest absolute Gasteiger partial charge is 0.325 e. The highest BCUT2D eigenvalue weighted by Crippen LogP contribution is 2.37. The van der Waals surface area contributed by atoms with Gasteiger partial charge in [-0.25, -0.2) is 14.8 Å². The van der Waals surface area contributed by atoms with E-state index in [0.717, 1.165) is 74.2 Å². The van der Waals surface area contributed by atoms with Crippen LogP contribution in [0.5, 0.6) is 0 Å². The second-order valence-corrected chi connectivity index (χ2v) is 10.00. The molecule has 8 heteroatoms. The number of fused-ring (bicyclic) bond motifs is 1. The molecule has 182 valence electrons. The first kappa shape index (κ1) is 23.2. The number of hydrogen-bond donors (Lipinski definition) is 1. The summed E-state index contributed by atoms with van der Waals surface area (Å²) in [6.07, 6.45) is 5.16. The van der Waals surface area contributed by atoms with E-state index >= 15 is 0 Å². The molecule has 0 unspecified atom stereocenters. The van der Waals surface area contributed by atoms with Crippen molar-refractivity contribution in [1.82, 2.24) is 25.1 Å². The molecule has 3 aliphatic heterocycles. The Kier molecular flexibility index (Phi) is 6.53. The van der Waals surface area contributed by atoms with Gasteiger partial charge < -0.3 is 10.1 Å². The van der Waals surface area contributed by atoms with Crippen LogP contribution < -0.4 is 5.32 Å². The van der Waals surface area contributed by atoms with Gasteiger partial charge in [-0.3, -0.25) is 14.6 Å². The van der Waals surface area contributed by atoms with Crippen LogP contribution in [0.4, 0.5) is 4.79 Å². The van der Waals surface area contributed by atoms with Gasteiger partial charge in [0.15, 0.2) is 0 Å². The van der Waals surface area contributed by atoms with Gasteiger partial charge in [-0.15, -0.1) is 0 Å². The molecule has 3 saturated heterocycles. The lowest BCUT2D eigenvalue weighted by Crippen LogP contribution is -2.56. The topological polar surface area (TPSA) is 87.7 Å². The number of imide groups is 1. The predicted molar refractivity (Wildman–Crippen MR) is 129 cm³/mol. The third-order valence-electron chi connectivity index (χ3n) is 7.76. The van der Waals surface area contributed by atoms with Gasteiger partial charge in [0.05, 0.1) is 35.1 Å². The molecule has 3 aliphatic rings. The van der Waals surface area contributed by atoms with Crippen molar-refractivity contribution in [2.45, 2.75) is 70.6 Å². The number of urea groups is 1. The first-order chi connectivity index (χ1) is 16.5. The quantitative estimate of drug-likeness (QED) is 0.631. The molecule has 1 N–H and O–H groups in total. The van der Waals surface area contributed by atoms with Gasteiger partial charge in [-0.05, 0) is 70.2 Å². The number of para-hydroxylation sites is 2. The summed E-state index contributed by atoms with van der Waals surface area (Å²) in [6.45, 7) is 7.69. The van der Waals surface area contributed by atoms with Gasteiger partial charge in [0.25, 0.3) is 5.91 Å². The maximum Gasteiger partial charge on any atom is 0.325 e. The van der Waals surface area contributed by atoms with Crippen LogP contribution in [0, 0.1) is 12.8 Å². The van der Waals surface area contributed by atoms with E-state index in [2.05, 4.69) is 17.1 Å². The Hall–Kier alpha value is -2.58. The van der Waals surface area contributed by atoms with Crippen LogP contribution in [0.15, 0.2) is 24.3 Å². The van der Waals surface area contributed by atoms with E-state index in [1.165, 1.54) is 4.90 Å². The number of hydrogen-bond acceptors (Lipinski definition) is 6. The van der Waals surface area contributed by atoms with Crippen LogP contribution in [-0.2, 0) is 16.1 Å². The third kappa shape index (κ3) is 4.29. The summed E-state index contributed by atoms with van der Waals surface area (Å²) in [7, 11) is 0. The molecule has 4 heterocycles. The van der Waals surface area contributed by atoms with Crippen molar-refractivity contribution in [2.24, 2.45) is 5.92 Å². The summed E-state index contributed by atoms with van der Waals surface area (Å²) >= 11 is 0. The standard InChI is InChI=1S/C26H35N5O3/c1-3-12-26(24(32)31(25(33)29-26)16-20-7-6-15-34-20)19-10-13-30(14-11-19)17-23-18(2)27-21-8-4-5-9-22(21)28-23/h4-5,8-9,19-20H,3,6-7,10-17H2,1-2H3,(H,29,33)/t20-,26+/m1/s1. The number of piperidine rings is 1. The molecule has 0 aliphatic carbocycles. The van der Waals surface area contributed by atoms with Crippen LogP contribution in [0.1, 0.15) is 56.8 Å². The highest BCUT2D eigenvalue weighted by Gasteiger charge is 2.55. The van der Waals surface area contributed by atoms with Crippen LogP contribution >= 0.6 is 0 Å². The van der Waals surface area contributed by atoms with E-state index in [1.807, 2.05) is 31.2 Å². The second-order valence-electron chi connectivity index (χ2n) is 10.00. The molecule has 1 aromatic heterocycles. The number of carbonyl (C=O) groups excluding carboxylic acids is 2. The molecule has 1 aromatic carbocycles. The number of aromatic nitrogens is 2. The number of nitrogens with zero attached hydrogens (tertiary/aromatic N) is 4. The minimum atomic E-state index is -0.783. The summed E-state index contributed by atoms with van der Waals surface area (Å²) in [5.41, 5.74) is 3.03. The Balaban J connectivity index is 1.26. The molecule has 3 amide bonds. The van der Waals surface area contributed by atoms with E-state index in [0.29, 0.717) is 19.6 Å². The molecule has 2 aromatic rings. The Morgan fingerprint density at radius 3 is 2.53 bits per heavy atom. The van der Waals surface area contributed by atoms with Crippen LogP contribution in [0.25, 0.3) is 11.0 Å². The summed E-state index contributed by atoms with van der Waals surface area (Å²) in [4.78, 5) is 39.9. The molecule has 5 rings (SSSR count). The Morgan fingerprint density at radius 2 is 1.85 bits per heavy atom. The molecule has 34 heavy (non-hydrogen) atoms. The molecular formula is C26H35N5O3. The molecule has 0 bridgehead atoms. The van der Waals surface area contributed by atoms with Crippen LogP contribution in [-0.4, -0.2) is 69.6 Å². The van der Waals surface area contributed by atoms with Crippen molar-refractivity contribution in [1.29, 1.82) is 0 Å². The van der Waals surface area contributed by atoms with Crippen LogP contribution in [0.2, 0.25) is 0 Å². The molecule has 0 spiro atoms. The first-order valence-electron chi connectivity index (χ1n) is 12.7. The van der Waals surface area contributed by atoms with Crippen molar-refractivity contribution in [2.75, 3.05) is 26.2 Å². The molecule has 0 saturated carbocycles. The highest BCUT2D eigenvalue weighted by atomic mass is 16.5. The number of nitrogens with one attached hydrogen (secondary N) is 1. The zero-order valence-corrected chi connectivity index (χ0v) is 20.3. The van der Waals surface area contributed by atoms with Gasteiger partial charge in [-0.2, -0.15) is 0 Å². The Bertz CT molecular complexity index is 1060. The zero-order chi connectivity index (χ0) is 23.7. The maximum absolute atomic E-state index is 13.6. The number of carbonyl (C=O) groups is 2. The summed E-state index contributed by atoms with van der Waals surface area (Å²) in [6, 6.07) is 7.72. The summed E-state index contributed by atoms with van der Waals surface area (Å²) < 4.78 is 5.70. The number of amides is 3. The minimum Gasteiger partial charge on any atom is -0.376 e. The monoisotopic (exact) mass is 465 g/mol. The highest BCUT2D eigenvalue weighted by molar-refractivity contribution is 6.07. The van der Waals surface area contributed by atoms with E-state index in [1.54, 1.807) is 0 Å². The van der Waals surface area contributed by atoms with Crippen molar-refractivity contribution < 1.29 is 14.3 Å². The van der Waals surface area contributed by atoms with E-state index < -0.39 is 5.54 Å². The maximum atomic E-state index is 13.6. The molecule has 8 nitrogen and oxygen atoms in total. The fraction of sp³-hybridized carbons (Fsp3) is 0.615. The number of ether oxygens (including phenoxy) is 1. The predicted octanol–water partition coefficient (Wildman–Crippen LogP) is 3.42. The lowest BCUT2D eigenvalue weighted by Gasteiger charge is -2.41. The zero-order valence-electron chi connectivity index (χ0n) is 20.3. The van der Waals surface area contributed by atoms with Crippen molar-refractivity contribution in [3.63, 3.8) is 0 Å². The van der Waals surface area contributed by atoms with Crippen molar-refractivity contribution >= 4 is 23.0 Å². The molecular weight excluding hydrogens is 430 g/mol. The van der Waals surface area contributed by atoms with Gasteiger partial charge in [0, 0.05) is 13.2 Å². The lowest BCUT2D eigenvalue weighted by atomic mass is 9.74. The largest absolute Gasteiger partial charge is 0.376 e. The third-order valence-corrected chi connectivity index (χ3v) is 7.76. The normalized spacial score (nSPS) is 26.5. The second kappa shape index (κ2) is 9.58. The van der Waals surface area contributed by atoms with Gasteiger partial charge >= 0.3 is 6.03 Å². The van der Waals surface area contributed by atoms with Gasteiger partial charge in [-0.1, -0.05) is 25.5 Å². The fourth-order valence-electron chi connectivity index (χ4n) is 5.92. The average molecular weight is 466 g/mol. The van der Waals surface area contributed by atoms with Crippen molar-refractivity contribution in [3.05, 3.63) is 35.7 Å². The Labute approximate surface area is 201 Å². The lowest BCUT2D eigenvalue weighted by molar-refractivity contribution is -0.135. The average Bonchev–Trinajstić information content (AvgIpc) is 3.43. The Morgan fingerprint density at radius 1 is 1.12 bits per heavy atom. The van der Waals surface area contributed by atoms with Crippen LogP contribution in [0.3, 0.4) is 0 Å². The molecule has 0 radical (unpaired) electrons. The number of rotatable bonds is 7. The van der Waals surface area contributed by atoms with Crippen molar-refractivity contribution in [3.8, 4) is 0 Å². The molecule has 3 fully saturated rings.